The molecule has 0 fully saturated rings. The average Bonchev–Trinajstić information content (AvgIpc) is 2.54. The molecular weight excluding hydrogens is 989 g/mol. The number of rotatable bonds is 8. The van der Waals surface area contributed by atoms with Crippen molar-refractivity contribution < 1.29 is 0 Å². The topological polar surface area (TPSA) is 9.86 Å². The molecule has 2 aromatic heterocycles. The van der Waals surface area contributed by atoms with Gasteiger partial charge >= 0.3 is 0 Å². The first-order valence-electron chi connectivity index (χ1n) is 28.8. The summed E-state index contributed by atoms with van der Waals surface area (Å²) in [7, 11) is 0. The third-order valence-electron chi connectivity index (χ3n) is 18.3. The van der Waals surface area contributed by atoms with Gasteiger partial charge in [0.1, 0.15) is 0 Å². The van der Waals surface area contributed by atoms with E-state index in [9.17, 15) is 0 Å². The minimum Gasteiger partial charge on any atom is -0.309 e. The highest BCUT2D eigenvalue weighted by molar-refractivity contribution is 6.12. The Labute approximate surface area is 479 Å². The van der Waals surface area contributed by atoms with Crippen molar-refractivity contribution in [2.45, 2.75) is 38.5 Å². The Hall–Kier alpha value is -10.0. The van der Waals surface area contributed by atoms with Crippen LogP contribution in [0, 0.1) is 0 Å². The van der Waals surface area contributed by atoms with Crippen molar-refractivity contribution in [1.29, 1.82) is 0 Å². The van der Waals surface area contributed by atoms with Crippen LogP contribution >= 0.6 is 0 Å². The highest BCUT2D eigenvalue weighted by Crippen LogP contribution is 2.57. The molecule has 0 atom stereocenters. The zero-order valence-corrected chi connectivity index (χ0v) is 46.5. The maximum absolute atomic E-state index is 2.53. The molecule has 0 N–H and O–H groups in total. The van der Waals surface area contributed by atoms with Crippen molar-refractivity contribution in [1.82, 2.24) is 9.13 Å². The fourth-order valence-corrected chi connectivity index (χ4v) is 14.1. The van der Waals surface area contributed by atoms with Crippen molar-refractivity contribution >= 4 is 55.3 Å². The van der Waals surface area contributed by atoms with Crippen LogP contribution in [0.25, 0.3) is 122 Å². The van der Waals surface area contributed by atoms with Gasteiger partial charge in [-0.2, -0.15) is 0 Å². The van der Waals surface area contributed by atoms with Crippen molar-refractivity contribution in [3.63, 3.8) is 0 Å². The van der Waals surface area contributed by atoms with Gasteiger partial charge in [-0.3, -0.25) is 0 Å². The predicted molar refractivity (Wildman–Crippen MR) is 346 cm³/mol. The molecule has 0 bridgehead atoms. The lowest BCUT2D eigenvalue weighted by Crippen LogP contribution is -2.17. The van der Waals surface area contributed by atoms with E-state index in [1.54, 1.807) is 0 Å². The van der Waals surface area contributed by atoms with E-state index >= 15 is 0 Å². The summed E-state index contributed by atoms with van der Waals surface area (Å²) in [5.74, 6) is 0. The summed E-state index contributed by atoms with van der Waals surface area (Å²) >= 11 is 0. The smallest absolute Gasteiger partial charge is 0.0541 e. The van der Waals surface area contributed by atoms with E-state index in [2.05, 4.69) is 316 Å². The summed E-state index contributed by atoms with van der Waals surface area (Å²) in [6.45, 7) is 9.67. The molecule has 2 aliphatic carbocycles. The minimum atomic E-state index is -0.171. The van der Waals surface area contributed by atoms with Crippen LogP contribution in [0.4, 0.5) is 0 Å². The second-order valence-corrected chi connectivity index (χ2v) is 23.7. The monoisotopic (exact) mass is 1050 g/mol. The van der Waals surface area contributed by atoms with Crippen LogP contribution in [0.3, 0.4) is 0 Å². The molecule has 2 heterocycles. The van der Waals surface area contributed by atoms with Gasteiger partial charge in [-0.25, -0.2) is 0 Å². The largest absolute Gasteiger partial charge is 0.309 e. The molecule has 16 rings (SSSR count). The molecule has 388 valence electrons. The van der Waals surface area contributed by atoms with Gasteiger partial charge in [-0.15, -0.1) is 0 Å². The summed E-state index contributed by atoms with van der Waals surface area (Å²) < 4.78 is 4.77. The minimum absolute atomic E-state index is 0.168. The van der Waals surface area contributed by atoms with E-state index in [1.807, 2.05) is 0 Å². The lowest BCUT2D eigenvalue weighted by Gasteiger charge is -2.24. The highest BCUT2D eigenvalue weighted by Gasteiger charge is 2.42. The zero-order valence-electron chi connectivity index (χ0n) is 46.5. The molecule has 0 radical (unpaired) electrons. The van der Waals surface area contributed by atoms with Crippen LogP contribution in [0.2, 0.25) is 0 Å². The number of fused-ring (bicyclic) bond motifs is 12. The molecule has 0 spiro atoms. The molecular formula is C80H58N2. The Morgan fingerprint density at radius 3 is 1.13 bits per heavy atom. The molecule has 82 heavy (non-hydrogen) atoms. The predicted octanol–water partition coefficient (Wildman–Crippen LogP) is 21.1. The van der Waals surface area contributed by atoms with Crippen LogP contribution in [-0.2, 0) is 10.8 Å². The zero-order chi connectivity index (χ0) is 54.8. The Balaban J connectivity index is 0.685. The summed E-state index contributed by atoms with van der Waals surface area (Å²) in [5.41, 5.74) is 30.0. The van der Waals surface area contributed by atoms with Crippen molar-refractivity contribution in [2.24, 2.45) is 0 Å². The molecule has 0 unspecified atom stereocenters. The first kappa shape index (κ1) is 47.9. The quantitative estimate of drug-likeness (QED) is 0.134. The molecule has 2 nitrogen and oxygen atoms in total. The van der Waals surface area contributed by atoms with Crippen LogP contribution in [0.5, 0.6) is 0 Å². The van der Waals surface area contributed by atoms with E-state index in [-0.39, 0.29) is 10.8 Å². The first-order valence-corrected chi connectivity index (χ1v) is 28.8. The number of para-hydroxylation sites is 4. The van der Waals surface area contributed by atoms with Crippen LogP contribution in [0.1, 0.15) is 66.6 Å². The maximum Gasteiger partial charge on any atom is 0.0541 e. The van der Waals surface area contributed by atoms with Crippen molar-refractivity contribution in [2.75, 3.05) is 0 Å². The fourth-order valence-electron chi connectivity index (χ4n) is 14.1. The Kier molecular flexibility index (Phi) is 10.7. The molecule has 12 aromatic carbocycles. The van der Waals surface area contributed by atoms with Gasteiger partial charge < -0.3 is 9.13 Å². The van der Waals surface area contributed by atoms with Gasteiger partial charge in [0.2, 0.25) is 0 Å². The lowest BCUT2D eigenvalue weighted by molar-refractivity contribution is 0.652. The van der Waals surface area contributed by atoms with Crippen molar-refractivity contribution in [3.8, 4) is 67.0 Å². The van der Waals surface area contributed by atoms with Crippen LogP contribution in [0.15, 0.2) is 273 Å². The third kappa shape index (κ3) is 7.41. The van der Waals surface area contributed by atoms with Crippen LogP contribution < -0.4 is 0 Å². The van der Waals surface area contributed by atoms with Gasteiger partial charge in [0, 0.05) is 43.7 Å². The lowest BCUT2D eigenvalue weighted by atomic mass is 9.79. The number of aromatic nitrogens is 2. The third-order valence-corrected chi connectivity index (χ3v) is 18.3. The summed E-state index contributed by atoms with van der Waals surface area (Å²) in [6.07, 6.45) is 2.34. The number of nitrogens with zero attached hydrogens (tertiary/aromatic N) is 2. The van der Waals surface area contributed by atoms with E-state index < -0.39 is 0 Å². The van der Waals surface area contributed by atoms with Crippen molar-refractivity contribution in [3.05, 3.63) is 312 Å². The van der Waals surface area contributed by atoms with E-state index in [0.717, 1.165) is 0 Å². The molecule has 2 heteroatoms. The fraction of sp³-hybridized carbons (Fsp3) is 0.0750. The van der Waals surface area contributed by atoms with E-state index in [1.165, 1.54) is 155 Å². The molecule has 0 saturated heterocycles. The first-order chi connectivity index (χ1) is 40.2. The average molecular weight is 1050 g/mol. The SMILES string of the molecule is CC1(C)c2cc(-c3ccc(/C=C(\c4ccccc4)c4ccc(-c5ccc6c(c5)c5ccccc5n6-c5ccccc5)cc4)cc3)ccc2-c2cc3c(cc21)-c1ccc(-c2ccc4c(c2)c2ccccc2n4-c2ccccc2)cc1C3(C)C. The highest BCUT2D eigenvalue weighted by atomic mass is 15.0. The van der Waals surface area contributed by atoms with Gasteiger partial charge in [0.05, 0.1) is 22.1 Å². The van der Waals surface area contributed by atoms with E-state index in [4.69, 9.17) is 0 Å². The maximum atomic E-state index is 2.53. The standard InChI is InChI=1S/C80H58N2/c1-79(2)71-47-58(36-40-62(71)67-49-74-68(50-73(67)79)63-41-37-59(48-72(63)80(74,3)4)57-39-43-78-70(46-57)65-25-15-17-27-76(65)82(78)61-22-12-7-13-23-61)52-30-28-51(29-31-52)44-66(54-18-8-5-9-19-54)55-34-32-53(33-35-55)56-38-42-77-69(45-56)64-24-14-16-26-75(64)81(77)60-20-10-6-11-21-60/h5-50H,1-4H3/b66-44+. The normalized spacial score (nSPS) is 13.9. The molecule has 0 aliphatic heterocycles. The van der Waals surface area contributed by atoms with Gasteiger partial charge in [0.15, 0.2) is 0 Å². The second kappa shape index (κ2) is 18.3. The number of hydrogen-bond acceptors (Lipinski definition) is 0. The van der Waals surface area contributed by atoms with Gasteiger partial charge in [-0.1, -0.05) is 216 Å². The molecule has 0 amide bonds. The van der Waals surface area contributed by atoms with E-state index in [0.29, 0.717) is 0 Å². The molecule has 2 aliphatic rings. The Morgan fingerprint density at radius 2 is 0.634 bits per heavy atom. The summed E-state index contributed by atoms with van der Waals surface area (Å²) in [4.78, 5) is 0. The molecule has 14 aromatic rings. The molecule has 0 saturated carbocycles. The number of hydrogen-bond donors (Lipinski definition) is 0. The Bertz CT molecular complexity index is 4910. The van der Waals surface area contributed by atoms with Crippen LogP contribution in [-0.4, -0.2) is 9.13 Å². The van der Waals surface area contributed by atoms with Gasteiger partial charge in [0.25, 0.3) is 0 Å². The van der Waals surface area contributed by atoms with Gasteiger partial charge in [-0.05, 0) is 191 Å². The Morgan fingerprint density at radius 1 is 0.280 bits per heavy atom. The summed E-state index contributed by atoms with van der Waals surface area (Å²) in [6, 6.07) is 101. The second-order valence-electron chi connectivity index (χ2n) is 23.7. The number of benzene rings is 12. The summed E-state index contributed by atoms with van der Waals surface area (Å²) in [5, 5.41) is 5.06.